The molecule has 1 aromatic rings. The summed E-state index contributed by atoms with van der Waals surface area (Å²) in [4.78, 5) is 11.3. The van der Waals surface area contributed by atoms with Gasteiger partial charge in [-0.2, -0.15) is 0 Å². The Hall–Kier alpha value is -1.54. The van der Waals surface area contributed by atoms with Crippen LogP contribution in [-0.2, 0) is 4.79 Å². The molecule has 0 aliphatic rings. The Morgan fingerprint density at radius 3 is 2.62 bits per heavy atom. The highest BCUT2D eigenvalue weighted by atomic mass is 35.5. The maximum absolute atomic E-state index is 11.3. The molecule has 1 rings (SSSR count). The Morgan fingerprint density at radius 1 is 1.44 bits per heavy atom. The molecule has 2 nitrogen and oxygen atoms in total. The molecule has 0 saturated carbocycles. The lowest BCUT2D eigenvalue weighted by atomic mass is 10.1. The quantitative estimate of drug-likeness (QED) is 0.799. The van der Waals surface area contributed by atoms with Crippen LogP contribution in [0.15, 0.2) is 42.0 Å². The predicted octanol–water partition coefficient (Wildman–Crippen LogP) is 2.88. The lowest BCUT2D eigenvalue weighted by molar-refractivity contribution is -0.116. The van der Waals surface area contributed by atoms with E-state index in [4.69, 9.17) is 11.6 Å². The Morgan fingerprint density at radius 2 is 2.06 bits per heavy atom. The van der Waals surface area contributed by atoms with Crippen LogP contribution in [0.3, 0.4) is 0 Å². The van der Waals surface area contributed by atoms with E-state index in [1.165, 1.54) is 11.6 Å². The third-order valence-corrected chi connectivity index (χ3v) is 2.09. The van der Waals surface area contributed by atoms with Crippen molar-refractivity contribution in [3.63, 3.8) is 0 Å². The molecule has 0 aliphatic carbocycles. The van der Waals surface area contributed by atoms with Gasteiger partial charge in [0.2, 0.25) is 5.91 Å². The van der Waals surface area contributed by atoms with Crippen LogP contribution >= 0.6 is 11.6 Å². The number of carbonyl (C=O) groups excluding carboxylic acids is 1. The van der Waals surface area contributed by atoms with Crippen molar-refractivity contribution in [1.29, 1.82) is 0 Å². The average molecular weight is 236 g/mol. The van der Waals surface area contributed by atoms with Crippen LogP contribution in [0.2, 0.25) is 0 Å². The summed E-state index contributed by atoms with van der Waals surface area (Å²) in [6.07, 6.45) is 3.23. The minimum atomic E-state index is -0.178. The van der Waals surface area contributed by atoms with Gasteiger partial charge >= 0.3 is 0 Å². The normalized spacial score (nSPS) is 10.4. The fourth-order valence-corrected chi connectivity index (χ4v) is 1.16. The van der Waals surface area contributed by atoms with Crippen LogP contribution in [0, 0.1) is 6.92 Å². The summed E-state index contributed by atoms with van der Waals surface area (Å²) in [6, 6.07) is 7.91. The van der Waals surface area contributed by atoms with Gasteiger partial charge in [-0.15, -0.1) is 0 Å². The first-order chi connectivity index (χ1) is 7.58. The molecule has 0 heterocycles. The minimum Gasteiger partial charge on any atom is -0.348 e. The van der Waals surface area contributed by atoms with Crippen molar-refractivity contribution in [2.24, 2.45) is 0 Å². The number of rotatable bonds is 4. The van der Waals surface area contributed by atoms with Crippen LogP contribution in [0.25, 0.3) is 6.08 Å². The molecule has 16 heavy (non-hydrogen) atoms. The SMILES string of the molecule is C=C(Cl)CNC(=O)/C=C/c1ccc(C)cc1. The summed E-state index contributed by atoms with van der Waals surface area (Å²) in [6.45, 7) is 5.79. The van der Waals surface area contributed by atoms with Crippen molar-refractivity contribution >= 4 is 23.6 Å². The lowest BCUT2D eigenvalue weighted by Gasteiger charge is -1.99. The van der Waals surface area contributed by atoms with Gasteiger partial charge in [0.1, 0.15) is 0 Å². The molecule has 0 unspecified atom stereocenters. The molecular formula is C13H14ClNO. The second kappa shape index (κ2) is 6.13. The standard InChI is InChI=1S/C13H14ClNO/c1-10-3-5-12(6-4-10)7-8-13(16)15-9-11(2)14/h3-8H,2,9H2,1H3,(H,15,16)/b8-7+. The van der Waals surface area contributed by atoms with Gasteiger partial charge in [0, 0.05) is 11.1 Å². The van der Waals surface area contributed by atoms with E-state index >= 15 is 0 Å². The van der Waals surface area contributed by atoms with Gasteiger partial charge < -0.3 is 5.32 Å². The topological polar surface area (TPSA) is 29.1 Å². The summed E-state index contributed by atoms with van der Waals surface area (Å²) < 4.78 is 0. The number of nitrogens with one attached hydrogen (secondary N) is 1. The third kappa shape index (κ3) is 4.80. The van der Waals surface area contributed by atoms with Crippen molar-refractivity contribution in [1.82, 2.24) is 5.32 Å². The molecule has 0 radical (unpaired) electrons. The van der Waals surface area contributed by atoms with Gasteiger partial charge in [-0.1, -0.05) is 48.0 Å². The fourth-order valence-electron chi connectivity index (χ4n) is 1.09. The van der Waals surface area contributed by atoms with E-state index in [0.717, 1.165) is 5.56 Å². The van der Waals surface area contributed by atoms with E-state index in [-0.39, 0.29) is 5.91 Å². The van der Waals surface area contributed by atoms with Crippen molar-refractivity contribution in [2.45, 2.75) is 6.92 Å². The fraction of sp³-hybridized carbons (Fsp3) is 0.154. The number of benzene rings is 1. The van der Waals surface area contributed by atoms with Crippen molar-refractivity contribution in [3.8, 4) is 0 Å². The van der Waals surface area contributed by atoms with Gasteiger partial charge in [0.15, 0.2) is 0 Å². The first-order valence-corrected chi connectivity index (χ1v) is 5.31. The summed E-state index contributed by atoms with van der Waals surface area (Å²) in [5.41, 5.74) is 2.19. The van der Waals surface area contributed by atoms with Gasteiger partial charge in [-0.3, -0.25) is 4.79 Å². The predicted molar refractivity (Wildman–Crippen MR) is 68.2 cm³/mol. The van der Waals surface area contributed by atoms with E-state index in [0.29, 0.717) is 11.6 Å². The average Bonchev–Trinajstić information content (AvgIpc) is 2.25. The zero-order chi connectivity index (χ0) is 12.0. The highest BCUT2D eigenvalue weighted by molar-refractivity contribution is 6.29. The Bertz CT molecular complexity index is 406. The Balaban J connectivity index is 2.50. The van der Waals surface area contributed by atoms with Crippen LogP contribution in [0.5, 0.6) is 0 Å². The number of hydrogen-bond acceptors (Lipinski definition) is 1. The summed E-state index contributed by atoms with van der Waals surface area (Å²) in [7, 11) is 0. The Kier molecular flexibility index (Phi) is 4.80. The molecule has 0 aliphatic heterocycles. The zero-order valence-corrected chi connectivity index (χ0v) is 9.92. The number of amides is 1. The van der Waals surface area contributed by atoms with Crippen molar-refractivity contribution in [2.75, 3.05) is 6.54 Å². The maximum Gasteiger partial charge on any atom is 0.244 e. The number of carbonyl (C=O) groups is 1. The molecule has 0 spiro atoms. The third-order valence-electron chi connectivity index (χ3n) is 1.96. The van der Waals surface area contributed by atoms with Crippen LogP contribution < -0.4 is 5.32 Å². The molecule has 1 amide bonds. The maximum atomic E-state index is 11.3. The van der Waals surface area contributed by atoms with E-state index in [2.05, 4.69) is 11.9 Å². The van der Waals surface area contributed by atoms with E-state index in [9.17, 15) is 4.79 Å². The number of aryl methyl sites for hydroxylation is 1. The number of hydrogen-bond donors (Lipinski definition) is 1. The molecule has 1 N–H and O–H groups in total. The summed E-state index contributed by atoms with van der Waals surface area (Å²) >= 11 is 5.52. The molecule has 1 aromatic carbocycles. The van der Waals surface area contributed by atoms with Crippen molar-refractivity contribution in [3.05, 3.63) is 53.1 Å². The van der Waals surface area contributed by atoms with Gasteiger partial charge in [0.25, 0.3) is 0 Å². The summed E-state index contributed by atoms with van der Waals surface area (Å²) in [5, 5.41) is 3.02. The molecule has 0 bridgehead atoms. The second-order valence-electron chi connectivity index (χ2n) is 3.48. The molecule has 84 valence electrons. The van der Waals surface area contributed by atoms with Crippen LogP contribution in [-0.4, -0.2) is 12.5 Å². The van der Waals surface area contributed by atoms with Gasteiger partial charge in [-0.05, 0) is 18.6 Å². The molecule has 0 atom stereocenters. The molecule has 0 aromatic heterocycles. The molecule has 0 saturated heterocycles. The van der Waals surface area contributed by atoms with Gasteiger partial charge in [-0.25, -0.2) is 0 Å². The largest absolute Gasteiger partial charge is 0.348 e. The van der Waals surface area contributed by atoms with Gasteiger partial charge in [0.05, 0.1) is 6.54 Å². The molecule has 3 heteroatoms. The smallest absolute Gasteiger partial charge is 0.244 e. The summed E-state index contributed by atoms with van der Waals surface area (Å²) in [5.74, 6) is -0.178. The van der Waals surface area contributed by atoms with Crippen LogP contribution in [0.1, 0.15) is 11.1 Å². The first kappa shape index (κ1) is 12.5. The zero-order valence-electron chi connectivity index (χ0n) is 9.16. The lowest BCUT2D eigenvalue weighted by Crippen LogP contribution is -2.21. The van der Waals surface area contributed by atoms with Crippen LogP contribution in [0.4, 0.5) is 0 Å². The van der Waals surface area contributed by atoms with E-state index < -0.39 is 0 Å². The molecule has 0 fully saturated rings. The highest BCUT2D eigenvalue weighted by Crippen LogP contribution is 2.04. The van der Waals surface area contributed by atoms with Crippen molar-refractivity contribution < 1.29 is 4.79 Å². The first-order valence-electron chi connectivity index (χ1n) is 4.94. The molecular weight excluding hydrogens is 222 g/mol. The highest BCUT2D eigenvalue weighted by Gasteiger charge is 1.95. The van der Waals surface area contributed by atoms with E-state index in [1.807, 2.05) is 31.2 Å². The minimum absolute atomic E-state index is 0.178. The number of halogens is 1. The monoisotopic (exact) mass is 235 g/mol. The van der Waals surface area contributed by atoms with E-state index in [1.54, 1.807) is 6.08 Å². The Labute approximate surface area is 101 Å². The second-order valence-corrected chi connectivity index (χ2v) is 4.01.